The summed E-state index contributed by atoms with van der Waals surface area (Å²) >= 11 is 0. The van der Waals surface area contributed by atoms with Crippen molar-refractivity contribution in [3.8, 4) is 0 Å². The van der Waals surface area contributed by atoms with Crippen molar-refractivity contribution >= 4 is 16.0 Å². The SMILES string of the molecule is O=C(O)CCS(=O)(=O)N1CCN2CCCC2C1. The molecule has 0 amide bonds. The van der Waals surface area contributed by atoms with E-state index in [1.54, 1.807) is 0 Å². The molecule has 1 unspecified atom stereocenters. The van der Waals surface area contributed by atoms with Gasteiger partial charge < -0.3 is 5.11 Å². The van der Waals surface area contributed by atoms with Crippen molar-refractivity contribution in [2.75, 3.05) is 31.9 Å². The number of piperazine rings is 1. The van der Waals surface area contributed by atoms with Crippen LogP contribution in [0.15, 0.2) is 0 Å². The van der Waals surface area contributed by atoms with Gasteiger partial charge in [-0.3, -0.25) is 9.69 Å². The lowest BCUT2D eigenvalue weighted by Gasteiger charge is -2.36. The number of hydrogen-bond acceptors (Lipinski definition) is 4. The third-order valence-corrected chi connectivity index (χ3v) is 5.36. The maximum absolute atomic E-state index is 11.9. The minimum atomic E-state index is -3.39. The van der Waals surface area contributed by atoms with Gasteiger partial charge in [0.1, 0.15) is 0 Å². The van der Waals surface area contributed by atoms with Crippen LogP contribution in [0, 0.1) is 0 Å². The molecule has 0 spiro atoms. The Morgan fingerprint density at radius 3 is 2.76 bits per heavy atom. The van der Waals surface area contributed by atoms with Crippen molar-refractivity contribution in [1.82, 2.24) is 9.21 Å². The van der Waals surface area contributed by atoms with Crippen molar-refractivity contribution in [3.63, 3.8) is 0 Å². The highest BCUT2D eigenvalue weighted by Gasteiger charge is 2.35. The summed E-state index contributed by atoms with van der Waals surface area (Å²) in [5, 5.41) is 8.53. The molecule has 2 saturated heterocycles. The third-order valence-electron chi connectivity index (χ3n) is 3.52. The smallest absolute Gasteiger partial charge is 0.304 e. The largest absolute Gasteiger partial charge is 0.481 e. The van der Waals surface area contributed by atoms with Crippen LogP contribution in [-0.2, 0) is 14.8 Å². The van der Waals surface area contributed by atoms with Crippen LogP contribution < -0.4 is 0 Å². The van der Waals surface area contributed by atoms with E-state index in [1.165, 1.54) is 4.31 Å². The Hall–Kier alpha value is -0.660. The van der Waals surface area contributed by atoms with E-state index in [0.717, 1.165) is 25.9 Å². The van der Waals surface area contributed by atoms with Crippen molar-refractivity contribution < 1.29 is 18.3 Å². The van der Waals surface area contributed by atoms with Crippen LogP contribution in [0.1, 0.15) is 19.3 Å². The first-order valence-electron chi connectivity index (χ1n) is 5.93. The van der Waals surface area contributed by atoms with Gasteiger partial charge in [-0.1, -0.05) is 0 Å². The molecule has 2 heterocycles. The predicted molar refractivity (Wildman–Crippen MR) is 62.2 cm³/mol. The van der Waals surface area contributed by atoms with Gasteiger partial charge in [-0.05, 0) is 19.4 Å². The quantitative estimate of drug-likeness (QED) is 0.744. The predicted octanol–water partition coefficient (Wildman–Crippen LogP) is -0.429. The second-order valence-electron chi connectivity index (χ2n) is 4.65. The summed E-state index contributed by atoms with van der Waals surface area (Å²) in [5.74, 6) is -1.34. The maximum Gasteiger partial charge on any atom is 0.304 e. The van der Waals surface area contributed by atoms with Crippen molar-refractivity contribution in [2.24, 2.45) is 0 Å². The lowest BCUT2D eigenvalue weighted by atomic mass is 10.2. The molecule has 98 valence electrons. The molecule has 17 heavy (non-hydrogen) atoms. The number of carboxylic acid groups (broad SMARTS) is 1. The molecule has 0 aromatic heterocycles. The summed E-state index contributed by atoms with van der Waals surface area (Å²) in [6.07, 6.45) is 1.87. The number of aliphatic carboxylic acids is 1. The molecule has 2 aliphatic rings. The molecule has 2 aliphatic heterocycles. The third kappa shape index (κ3) is 2.97. The van der Waals surface area contributed by atoms with Crippen LogP contribution in [0.3, 0.4) is 0 Å². The van der Waals surface area contributed by atoms with Crippen LogP contribution >= 0.6 is 0 Å². The second kappa shape index (κ2) is 4.91. The number of hydrogen-bond donors (Lipinski definition) is 1. The molecule has 6 nitrogen and oxygen atoms in total. The summed E-state index contributed by atoms with van der Waals surface area (Å²) in [4.78, 5) is 12.7. The Balaban J connectivity index is 1.95. The fourth-order valence-electron chi connectivity index (χ4n) is 2.56. The van der Waals surface area contributed by atoms with Crippen LogP contribution in [0.4, 0.5) is 0 Å². The van der Waals surface area contributed by atoms with Crippen LogP contribution in [-0.4, -0.2) is 66.7 Å². The zero-order valence-electron chi connectivity index (χ0n) is 9.71. The van der Waals surface area contributed by atoms with Gasteiger partial charge in [0.05, 0.1) is 12.2 Å². The molecule has 7 heteroatoms. The first kappa shape index (κ1) is 12.8. The first-order chi connectivity index (χ1) is 7.99. The maximum atomic E-state index is 11.9. The Bertz CT molecular complexity index is 395. The van der Waals surface area contributed by atoms with E-state index in [-0.39, 0.29) is 12.2 Å². The van der Waals surface area contributed by atoms with Gasteiger partial charge in [-0.2, -0.15) is 4.31 Å². The number of fused-ring (bicyclic) bond motifs is 1. The Morgan fingerprint density at radius 1 is 1.29 bits per heavy atom. The monoisotopic (exact) mass is 262 g/mol. The zero-order chi connectivity index (χ0) is 12.5. The van der Waals surface area contributed by atoms with Crippen molar-refractivity contribution in [1.29, 1.82) is 0 Å². The van der Waals surface area contributed by atoms with Gasteiger partial charge in [0.2, 0.25) is 10.0 Å². The summed E-state index contributed by atoms with van der Waals surface area (Å²) in [6.45, 7) is 2.87. The molecule has 0 radical (unpaired) electrons. The van der Waals surface area contributed by atoms with Crippen LogP contribution in [0.25, 0.3) is 0 Å². The van der Waals surface area contributed by atoms with E-state index in [2.05, 4.69) is 4.90 Å². The van der Waals surface area contributed by atoms with Crippen molar-refractivity contribution in [3.05, 3.63) is 0 Å². The molecule has 2 rings (SSSR count). The lowest BCUT2D eigenvalue weighted by molar-refractivity contribution is -0.136. The number of nitrogens with zero attached hydrogens (tertiary/aromatic N) is 2. The Labute approximate surface area is 101 Å². The van der Waals surface area contributed by atoms with Gasteiger partial charge >= 0.3 is 5.97 Å². The standard InChI is InChI=1S/C10H18N2O4S/c13-10(14)3-7-17(15,16)12-6-5-11-4-1-2-9(11)8-12/h9H,1-8H2,(H,13,14). The van der Waals surface area contributed by atoms with E-state index in [0.29, 0.717) is 19.1 Å². The van der Waals surface area contributed by atoms with Gasteiger partial charge in [-0.15, -0.1) is 0 Å². The number of carbonyl (C=O) groups is 1. The van der Waals surface area contributed by atoms with E-state index < -0.39 is 16.0 Å². The molecule has 0 aromatic carbocycles. The summed E-state index contributed by atoms with van der Waals surface area (Å²) in [6, 6.07) is 0.336. The van der Waals surface area contributed by atoms with Crippen LogP contribution in [0.2, 0.25) is 0 Å². The molecule has 2 fully saturated rings. The fourth-order valence-corrected chi connectivity index (χ4v) is 4.01. The minimum Gasteiger partial charge on any atom is -0.481 e. The second-order valence-corrected chi connectivity index (χ2v) is 6.74. The normalized spacial score (nSPS) is 26.9. The summed E-state index contributed by atoms with van der Waals surface area (Å²) < 4.78 is 25.3. The zero-order valence-corrected chi connectivity index (χ0v) is 10.5. The molecule has 0 saturated carbocycles. The van der Waals surface area contributed by atoms with Gasteiger partial charge in [0, 0.05) is 25.7 Å². The molecule has 1 atom stereocenters. The molecule has 1 N–H and O–H groups in total. The molecule has 0 bridgehead atoms. The van der Waals surface area contributed by atoms with E-state index in [4.69, 9.17) is 5.11 Å². The minimum absolute atomic E-state index is 0.283. The molecular formula is C10H18N2O4S. The van der Waals surface area contributed by atoms with Gasteiger partial charge in [-0.25, -0.2) is 8.42 Å². The number of carboxylic acids is 1. The van der Waals surface area contributed by atoms with Gasteiger partial charge in [0.15, 0.2) is 0 Å². The van der Waals surface area contributed by atoms with E-state index >= 15 is 0 Å². The summed E-state index contributed by atoms with van der Waals surface area (Å²) in [7, 11) is -3.39. The Morgan fingerprint density at radius 2 is 2.06 bits per heavy atom. The average Bonchev–Trinajstić information content (AvgIpc) is 2.73. The molecule has 0 aliphatic carbocycles. The highest BCUT2D eigenvalue weighted by atomic mass is 32.2. The number of rotatable bonds is 4. The van der Waals surface area contributed by atoms with Gasteiger partial charge in [0.25, 0.3) is 0 Å². The Kier molecular flexibility index (Phi) is 3.70. The van der Waals surface area contributed by atoms with Crippen molar-refractivity contribution in [2.45, 2.75) is 25.3 Å². The topological polar surface area (TPSA) is 77.9 Å². The number of sulfonamides is 1. The first-order valence-corrected chi connectivity index (χ1v) is 7.53. The fraction of sp³-hybridized carbons (Fsp3) is 0.900. The highest BCUT2D eigenvalue weighted by Crippen LogP contribution is 2.23. The highest BCUT2D eigenvalue weighted by molar-refractivity contribution is 7.89. The lowest BCUT2D eigenvalue weighted by Crippen LogP contribution is -2.52. The van der Waals surface area contributed by atoms with Crippen LogP contribution in [0.5, 0.6) is 0 Å². The molecular weight excluding hydrogens is 244 g/mol. The van der Waals surface area contributed by atoms with E-state index in [1.807, 2.05) is 0 Å². The summed E-state index contributed by atoms with van der Waals surface area (Å²) in [5.41, 5.74) is 0. The molecule has 0 aromatic rings. The van der Waals surface area contributed by atoms with E-state index in [9.17, 15) is 13.2 Å². The average molecular weight is 262 g/mol.